The molecule has 1 rings (SSSR count). The van der Waals surface area contributed by atoms with Crippen LogP contribution in [0.4, 0.5) is 0 Å². The van der Waals surface area contributed by atoms with Crippen LogP contribution in [0.1, 0.15) is 32.2 Å². The molecule has 5 heteroatoms. The maximum atomic E-state index is 9.94. The lowest BCUT2D eigenvalue weighted by Gasteiger charge is -2.11. The molecule has 0 saturated carbocycles. The Hall–Kier alpha value is -0.190. The van der Waals surface area contributed by atoms with E-state index < -0.39 is 0 Å². The molecule has 0 spiro atoms. The van der Waals surface area contributed by atoms with Crippen LogP contribution in [-0.4, -0.2) is 32.5 Å². The molecule has 0 bridgehead atoms. The van der Waals surface area contributed by atoms with Gasteiger partial charge in [-0.15, -0.1) is 0 Å². The third-order valence-corrected chi connectivity index (χ3v) is 4.10. The Bertz CT molecular complexity index is 355. The van der Waals surface area contributed by atoms with E-state index in [1.54, 1.807) is 11.8 Å². The molecule has 1 aromatic rings. The molecule has 0 saturated heterocycles. The fourth-order valence-corrected chi connectivity index (χ4v) is 2.72. The van der Waals surface area contributed by atoms with Crippen molar-refractivity contribution in [3.05, 3.63) is 16.4 Å². The smallest absolute Gasteiger partial charge is 0.0850 e. The SMILES string of the molecule is CCSCC(O)Cc1c(Cl)c(CC)nn1CC. The van der Waals surface area contributed by atoms with Crippen molar-refractivity contribution in [1.29, 1.82) is 0 Å². The first-order valence-corrected chi connectivity index (χ1v) is 7.67. The molecule has 1 aromatic heterocycles. The topological polar surface area (TPSA) is 38.1 Å². The Morgan fingerprint density at radius 2 is 2.12 bits per heavy atom. The zero-order valence-corrected chi connectivity index (χ0v) is 12.3. The normalized spacial score (nSPS) is 13.0. The summed E-state index contributed by atoms with van der Waals surface area (Å²) < 4.78 is 1.90. The van der Waals surface area contributed by atoms with E-state index in [1.165, 1.54) is 0 Å². The summed E-state index contributed by atoms with van der Waals surface area (Å²) in [6.45, 7) is 6.97. The second-order valence-corrected chi connectivity index (χ2v) is 5.59. The number of thioether (sulfide) groups is 1. The molecule has 1 unspecified atom stereocenters. The summed E-state index contributed by atoms with van der Waals surface area (Å²) in [5.41, 5.74) is 1.90. The van der Waals surface area contributed by atoms with Gasteiger partial charge in [0.25, 0.3) is 0 Å². The molecule has 0 amide bonds. The third kappa shape index (κ3) is 3.90. The van der Waals surface area contributed by atoms with Gasteiger partial charge in [-0.2, -0.15) is 16.9 Å². The zero-order valence-electron chi connectivity index (χ0n) is 10.7. The molecule has 0 aromatic carbocycles. The number of aliphatic hydroxyl groups is 1. The van der Waals surface area contributed by atoms with E-state index in [1.807, 2.05) is 18.5 Å². The van der Waals surface area contributed by atoms with E-state index in [0.29, 0.717) is 6.42 Å². The number of rotatable bonds is 7. The van der Waals surface area contributed by atoms with Crippen LogP contribution in [-0.2, 0) is 19.4 Å². The Kier molecular flexibility index (Phi) is 6.38. The van der Waals surface area contributed by atoms with Gasteiger partial charge >= 0.3 is 0 Å². The van der Waals surface area contributed by atoms with Crippen LogP contribution < -0.4 is 0 Å². The average molecular weight is 277 g/mol. The second kappa shape index (κ2) is 7.29. The van der Waals surface area contributed by atoms with E-state index >= 15 is 0 Å². The molecule has 98 valence electrons. The van der Waals surface area contributed by atoms with Crippen molar-refractivity contribution < 1.29 is 5.11 Å². The van der Waals surface area contributed by atoms with Crippen molar-refractivity contribution in [3.8, 4) is 0 Å². The lowest BCUT2D eigenvalue weighted by Crippen LogP contribution is -2.17. The van der Waals surface area contributed by atoms with Gasteiger partial charge in [0.05, 0.1) is 22.5 Å². The maximum absolute atomic E-state index is 9.94. The number of hydrogen-bond acceptors (Lipinski definition) is 3. The fourth-order valence-electron chi connectivity index (χ4n) is 1.75. The number of aliphatic hydroxyl groups excluding tert-OH is 1. The monoisotopic (exact) mass is 276 g/mol. The van der Waals surface area contributed by atoms with Gasteiger partial charge in [-0.1, -0.05) is 25.4 Å². The van der Waals surface area contributed by atoms with Gasteiger partial charge < -0.3 is 5.11 Å². The molecular formula is C12H21ClN2OS. The highest BCUT2D eigenvalue weighted by Gasteiger charge is 2.17. The minimum absolute atomic E-state index is 0.343. The Morgan fingerprint density at radius 1 is 1.41 bits per heavy atom. The highest BCUT2D eigenvalue weighted by Crippen LogP contribution is 2.23. The van der Waals surface area contributed by atoms with E-state index in [0.717, 1.165) is 40.9 Å². The Labute approximate surface area is 113 Å². The van der Waals surface area contributed by atoms with Crippen LogP contribution >= 0.6 is 23.4 Å². The van der Waals surface area contributed by atoms with Crippen LogP contribution in [0.25, 0.3) is 0 Å². The van der Waals surface area contributed by atoms with Crippen molar-refractivity contribution in [1.82, 2.24) is 9.78 Å². The van der Waals surface area contributed by atoms with E-state index in [4.69, 9.17) is 11.6 Å². The third-order valence-electron chi connectivity index (χ3n) is 2.64. The molecule has 0 aliphatic carbocycles. The average Bonchev–Trinajstić information content (AvgIpc) is 2.63. The summed E-state index contributed by atoms with van der Waals surface area (Å²) in [4.78, 5) is 0. The highest BCUT2D eigenvalue weighted by atomic mass is 35.5. The van der Waals surface area contributed by atoms with Crippen molar-refractivity contribution in [2.24, 2.45) is 0 Å². The predicted octanol–water partition coefficient (Wildman–Crippen LogP) is 2.78. The molecule has 0 aliphatic heterocycles. The van der Waals surface area contributed by atoms with Crippen molar-refractivity contribution in [2.45, 2.75) is 46.3 Å². The Morgan fingerprint density at radius 3 is 2.65 bits per heavy atom. The molecule has 0 fully saturated rings. The molecule has 3 nitrogen and oxygen atoms in total. The van der Waals surface area contributed by atoms with Crippen LogP contribution in [0.5, 0.6) is 0 Å². The molecule has 1 heterocycles. The van der Waals surface area contributed by atoms with Crippen LogP contribution in [0.15, 0.2) is 0 Å². The zero-order chi connectivity index (χ0) is 12.8. The summed E-state index contributed by atoms with van der Waals surface area (Å²) >= 11 is 8.03. The number of aromatic nitrogens is 2. The number of aryl methyl sites for hydroxylation is 2. The van der Waals surface area contributed by atoms with Gasteiger partial charge in [0, 0.05) is 18.7 Å². The summed E-state index contributed by atoms with van der Waals surface area (Å²) in [6, 6.07) is 0. The van der Waals surface area contributed by atoms with Gasteiger partial charge in [-0.3, -0.25) is 4.68 Å². The standard InChI is InChI=1S/C12H21ClN2OS/c1-4-10-12(13)11(15(5-2)14-10)7-9(16)8-17-6-3/h9,16H,4-8H2,1-3H3. The van der Waals surface area contributed by atoms with Gasteiger partial charge in [0.1, 0.15) is 0 Å². The highest BCUT2D eigenvalue weighted by molar-refractivity contribution is 7.99. The van der Waals surface area contributed by atoms with Crippen molar-refractivity contribution >= 4 is 23.4 Å². The van der Waals surface area contributed by atoms with Crippen LogP contribution in [0.3, 0.4) is 0 Å². The van der Waals surface area contributed by atoms with E-state index in [-0.39, 0.29) is 6.10 Å². The Balaban J connectivity index is 2.78. The molecule has 1 N–H and O–H groups in total. The van der Waals surface area contributed by atoms with Gasteiger partial charge in [-0.05, 0) is 19.1 Å². The summed E-state index contributed by atoms with van der Waals surface area (Å²) in [5, 5.41) is 15.1. The van der Waals surface area contributed by atoms with Gasteiger partial charge in [0.2, 0.25) is 0 Å². The summed E-state index contributed by atoms with van der Waals surface area (Å²) in [7, 11) is 0. The second-order valence-electron chi connectivity index (χ2n) is 3.89. The van der Waals surface area contributed by atoms with Crippen LogP contribution in [0.2, 0.25) is 5.02 Å². The quantitative estimate of drug-likeness (QED) is 0.832. The van der Waals surface area contributed by atoms with E-state index in [9.17, 15) is 5.11 Å². The largest absolute Gasteiger partial charge is 0.392 e. The van der Waals surface area contributed by atoms with E-state index in [2.05, 4.69) is 12.0 Å². The van der Waals surface area contributed by atoms with Crippen LogP contribution in [0, 0.1) is 0 Å². The summed E-state index contributed by atoms with van der Waals surface area (Å²) in [6.07, 6.45) is 1.08. The van der Waals surface area contributed by atoms with Crippen molar-refractivity contribution in [2.75, 3.05) is 11.5 Å². The lowest BCUT2D eigenvalue weighted by molar-refractivity contribution is 0.197. The fraction of sp³-hybridized carbons (Fsp3) is 0.750. The lowest BCUT2D eigenvalue weighted by atomic mass is 10.2. The minimum Gasteiger partial charge on any atom is -0.392 e. The number of nitrogens with zero attached hydrogens (tertiary/aromatic N) is 2. The first-order valence-electron chi connectivity index (χ1n) is 6.13. The number of hydrogen-bond donors (Lipinski definition) is 1. The first kappa shape index (κ1) is 14.9. The molecule has 1 atom stereocenters. The number of halogens is 1. The van der Waals surface area contributed by atoms with Crippen molar-refractivity contribution in [3.63, 3.8) is 0 Å². The summed E-state index contributed by atoms with van der Waals surface area (Å²) in [5.74, 6) is 1.78. The maximum Gasteiger partial charge on any atom is 0.0850 e. The predicted molar refractivity (Wildman–Crippen MR) is 75.0 cm³/mol. The molecule has 17 heavy (non-hydrogen) atoms. The molecular weight excluding hydrogens is 256 g/mol. The van der Waals surface area contributed by atoms with Gasteiger partial charge in [0.15, 0.2) is 0 Å². The molecule has 0 aliphatic rings. The minimum atomic E-state index is -0.343. The molecule has 0 radical (unpaired) electrons. The van der Waals surface area contributed by atoms with Gasteiger partial charge in [-0.25, -0.2) is 0 Å². The first-order chi connectivity index (χ1) is 8.13.